The van der Waals surface area contributed by atoms with Crippen molar-refractivity contribution >= 4 is 17.3 Å². The molecule has 0 aliphatic carbocycles. The van der Waals surface area contributed by atoms with Crippen molar-refractivity contribution in [3.63, 3.8) is 0 Å². The number of halogens is 1. The topological polar surface area (TPSA) is 12.0 Å². The molecule has 31 heavy (non-hydrogen) atoms. The molecule has 2 aromatic rings. The van der Waals surface area contributed by atoms with E-state index in [9.17, 15) is 0 Å². The van der Waals surface area contributed by atoms with E-state index < -0.39 is 0 Å². The summed E-state index contributed by atoms with van der Waals surface area (Å²) < 4.78 is 15.1. The maximum Gasteiger partial charge on any atom is 0.133 e. The summed E-state index contributed by atoms with van der Waals surface area (Å²) in [6.07, 6.45) is 8.76. The van der Waals surface area contributed by atoms with Gasteiger partial charge in [0, 0.05) is 22.9 Å². The summed E-state index contributed by atoms with van der Waals surface area (Å²) in [4.78, 5) is 0. The van der Waals surface area contributed by atoms with Gasteiger partial charge in [-0.05, 0) is 79.6 Å². The van der Waals surface area contributed by atoms with Crippen LogP contribution in [0, 0.1) is 25.6 Å². The van der Waals surface area contributed by atoms with E-state index in [1.807, 2.05) is 70.2 Å². The monoisotopic (exact) mass is 415 g/mol. The Morgan fingerprint density at radius 3 is 2.42 bits per heavy atom. The molecule has 0 saturated heterocycles. The zero-order chi connectivity index (χ0) is 23.1. The Balaban J connectivity index is 2.38. The number of allylic oxidation sites excluding steroid dienone is 5. The van der Waals surface area contributed by atoms with Gasteiger partial charge in [-0.1, -0.05) is 69.2 Å². The smallest absolute Gasteiger partial charge is 0.133 e. The first-order chi connectivity index (χ1) is 14.8. The lowest BCUT2D eigenvalue weighted by Gasteiger charge is -2.24. The van der Waals surface area contributed by atoms with E-state index in [0.717, 1.165) is 34.4 Å². The molecule has 0 heterocycles. The Labute approximate surface area is 187 Å². The van der Waals surface area contributed by atoms with Gasteiger partial charge < -0.3 is 5.32 Å². The van der Waals surface area contributed by atoms with Crippen LogP contribution >= 0.6 is 0 Å². The molecule has 0 spiro atoms. The third-order valence-electron chi connectivity index (χ3n) is 5.80. The minimum atomic E-state index is -0.190. The average molecular weight is 416 g/mol. The minimum Gasteiger partial charge on any atom is -0.356 e. The van der Waals surface area contributed by atoms with Crippen molar-refractivity contribution in [1.29, 1.82) is 0 Å². The van der Waals surface area contributed by atoms with E-state index in [-0.39, 0.29) is 11.7 Å². The third kappa shape index (κ3) is 5.32. The summed E-state index contributed by atoms with van der Waals surface area (Å²) in [6, 6.07) is 10.00. The average Bonchev–Trinajstić information content (AvgIpc) is 2.77. The molecule has 0 fully saturated rings. The standard InChI is InChI=1S/C29H34FN/c1-9-13-27(26(12-4)28-17-14-19(5)20(6)29(28)30)21(7)22(8)31-25-16-15-23(10-2)24(11-3)18-25/h9-10,12-18,27,31H,2,7-8,11H2,1,3-6H3/b13-9-,26-12+. The molecule has 0 saturated carbocycles. The molecule has 2 heteroatoms. The minimum absolute atomic E-state index is 0.179. The predicted molar refractivity (Wildman–Crippen MR) is 136 cm³/mol. The molecular formula is C29H34FN. The zero-order valence-corrected chi connectivity index (χ0v) is 19.5. The molecule has 162 valence electrons. The van der Waals surface area contributed by atoms with E-state index in [1.165, 1.54) is 5.56 Å². The van der Waals surface area contributed by atoms with Crippen molar-refractivity contribution in [2.45, 2.75) is 41.0 Å². The van der Waals surface area contributed by atoms with E-state index in [4.69, 9.17) is 0 Å². The maximum absolute atomic E-state index is 15.1. The van der Waals surface area contributed by atoms with Gasteiger partial charge >= 0.3 is 0 Å². The second kappa shape index (κ2) is 10.8. The first-order valence-electron chi connectivity index (χ1n) is 10.7. The van der Waals surface area contributed by atoms with Crippen molar-refractivity contribution in [2.75, 3.05) is 5.32 Å². The molecular weight excluding hydrogens is 381 g/mol. The molecule has 2 aromatic carbocycles. The van der Waals surface area contributed by atoms with E-state index in [0.29, 0.717) is 16.8 Å². The predicted octanol–water partition coefficient (Wildman–Crippen LogP) is 8.43. The lowest BCUT2D eigenvalue weighted by Crippen LogP contribution is -2.12. The lowest BCUT2D eigenvalue weighted by molar-refractivity contribution is 0.611. The Bertz CT molecular complexity index is 1050. The number of aryl methyl sites for hydroxylation is 2. The first-order valence-corrected chi connectivity index (χ1v) is 10.7. The van der Waals surface area contributed by atoms with Crippen molar-refractivity contribution in [3.8, 4) is 0 Å². The summed E-state index contributed by atoms with van der Waals surface area (Å²) in [5.74, 6) is -0.369. The molecule has 1 unspecified atom stereocenters. The largest absolute Gasteiger partial charge is 0.356 e. The Hall–Kier alpha value is -3.13. The van der Waals surface area contributed by atoms with Gasteiger partial charge in [-0.25, -0.2) is 4.39 Å². The van der Waals surface area contributed by atoms with Crippen LogP contribution in [0.2, 0.25) is 0 Å². The fourth-order valence-corrected chi connectivity index (χ4v) is 3.74. The Morgan fingerprint density at radius 2 is 1.84 bits per heavy atom. The Morgan fingerprint density at radius 1 is 1.13 bits per heavy atom. The molecule has 0 aromatic heterocycles. The van der Waals surface area contributed by atoms with Crippen LogP contribution in [0.25, 0.3) is 11.6 Å². The van der Waals surface area contributed by atoms with E-state index in [1.54, 1.807) is 0 Å². The fourth-order valence-electron chi connectivity index (χ4n) is 3.74. The highest BCUT2D eigenvalue weighted by molar-refractivity contribution is 5.74. The summed E-state index contributed by atoms with van der Waals surface area (Å²) >= 11 is 0. The van der Waals surface area contributed by atoms with E-state index >= 15 is 4.39 Å². The molecule has 0 bridgehead atoms. The van der Waals surface area contributed by atoms with Crippen molar-refractivity contribution in [2.24, 2.45) is 5.92 Å². The van der Waals surface area contributed by atoms with Crippen LogP contribution in [0.4, 0.5) is 10.1 Å². The number of nitrogens with one attached hydrogen (secondary N) is 1. The van der Waals surface area contributed by atoms with Gasteiger partial charge in [0.1, 0.15) is 5.82 Å². The zero-order valence-electron chi connectivity index (χ0n) is 19.5. The highest BCUT2D eigenvalue weighted by Crippen LogP contribution is 2.35. The molecule has 0 radical (unpaired) electrons. The van der Waals surface area contributed by atoms with Crippen molar-refractivity contribution < 1.29 is 4.39 Å². The van der Waals surface area contributed by atoms with Gasteiger partial charge in [-0.3, -0.25) is 0 Å². The SMILES string of the molecule is C=Cc1ccc(NC(=C)C(=C)C(/C=C\C)/C(=C\C)c2ccc(C)c(C)c2F)cc1CC. The quantitative estimate of drug-likeness (QED) is 0.320. The molecule has 1 nitrogen and oxygen atoms in total. The Kier molecular flexibility index (Phi) is 8.38. The summed E-state index contributed by atoms with van der Waals surface area (Å²) in [7, 11) is 0. The van der Waals surface area contributed by atoms with Crippen LogP contribution in [0.3, 0.4) is 0 Å². The van der Waals surface area contributed by atoms with Crippen LogP contribution in [-0.2, 0) is 6.42 Å². The van der Waals surface area contributed by atoms with Gasteiger partial charge in [-0.15, -0.1) is 0 Å². The van der Waals surface area contributed by atoms with Gasteiger partial charge in [-0.2, -0.15) is 0 Å². The molecule has 0 amide bonds. The molecule has 0 aliphatic heterocycles. The first kappa shape index (κ1) is 24.1. The van der Waals surface area contributed by atoms with E-state index in [2.05, 4.69) is 44.1 Å². The van der Waals surface area contributed by atoms with Crippen LogP contribution in [0.15, 0.2) is 79.6 Å². The number of benzene rings is 2. The van der Waals surface area contributed by atoms with Crippen LogP contribution in [0.1, 0.15) is 48.6 Å². The van der Waals surface area contributed by atoms with Gasteiger partial charge in [0.15, 0.2) is 0 Å². The molecule has 0 aliphatic rings. The second-order valence-electron chi connectivity index (χ2n) is 7.72. The highest BCUT2D eigenvalue weighted by atomic mass is 19.1. The normalized spacial score (nSPS) is 12.6. The second-order valence-corrected chi connectivity index (χ2v) is 7.72. The number of rotatable bonds is 9. The third-order valence-corrected chi connectivity index (χ3v) is 5.80. The van der Waals surface area contributed by atoms with Gasteiger partial charge in [0.25, 0.3) is 0 Å². The fraction of sp³-hybridized carbons (Fsp3) is 0.241. The van der Waals surface area contributed by atoms with Crippen LogP contribution in [-0.4, -0.2) is 0 Å². The summed E-state index contributed by atoms with van der Waals surface area (Å²) in [6.45, 7) is 22.2. The van der Waals surface area contributed by atoms with Gasteiger partial charge in [0.05, 0.1) is 0 Å². The number of anilines is 1. The molecule has 1 N–H and O–H groups in total. The highest BCUT2D eigenvalue weighted by Gasteiger charge is 2.21. The molecule has 1 atom stereocenters. The maximum atomic E-state index is 15.1. The van der Waals surface area contributed by atoms with Crippen molar-refractivity contribution in [3.05, 3.63) is 113 Å². The van der Waals surface area contributed by atoms with Gasteiger partial charge in [0.2, 0.25) is 0 Å². The number of hydrogen-bond acceptors (Lipinski definition) is 1. The molecule has 2 rings (SSSR count). The van der Waals surface area contributed by atoms with Crippen LogP contribution < -0.4 is 5.32 Å². The van der Waals surface area contributed by atoms with Crippen molar-refractivity contribution in [1.82, 2.24) is 0 Å². The lowest BCUT2D eigenvalue weighted by atomic mass is 9.84. The summed E-state index contributed by atoms with van der Waals surface area (Å²) in [5, 5.41) is 3.39. The summed E-state index contributed by atoms with van der Waals surface area (Å²) in [5.41, 5.74) is 7.91. The number of hydrogen-bond donors (Lipinski definition) is 1. The van der Waals surface area contributed by atoms with Crippen LogP contribution in [0.5, 0.6) is 0 Å².